The molecule has 0 aromatic heterocycles. The topological polar surface area (TPSA) is 78.9 Å². The molecule has 372 valence electrons. The summed E-state index contributed by atoms with van der Waals surface area (Å²) in [4.78, 5) is 38.1. The van der Waals surface area contributed by atoms with Crippen molar-refractivity contribution in [1.29, 1.82) is 0 Å². The van der Waals surface area contributed by atoms with Gasteiger partial charge in [0, 0.05) is 19.3 Å². The molecule has 0 amide bonds. The van der Waals surface area contributed by atoms with Crippen LogP contribution in [-0.4, -0.2) is 37.2 Å². The normalized spacial score (nSPS) is 12.0. The average Bonchev–Trinajstić information content (AvgIpc) is 3.28. The van der Waals surface area contributed by atoms with Crippen LogP contribution in [0.5, 0.6) is 0 Å². The van der Waals surface area contributed by atoms with Gasteiger partial charge in [0.25, 0.3) is 0 Å². The Balaban J connectivity index is 4.31. The van der Waals surface area contributed by atoms with E-state index in [1.807, 2.05) is 0 Å². The molecule has 0 rings (SSSR count). The average molecular weight is 889 g/mol. The summed E-state index contributed by atoms with van der Waals surface area (Å²) in [7, 11) is 0. The molecular weight excluding hydrogens is 781 g/mol. The number of esters is 3. The van der Waals surface area contributed by atoms with E-state index in [0.717, 1.165) is 57.8 Å². The number of rotatable bonds is 52. The van der Waals surface area contributed by atoms with Crippen molar-refractivity contribution in [2.75, 3.05) is 13.2 Å². The molecule has 0 radical (unpaired) electrons. The standard InChI is InChI=1S/C57H108O6/c1-4-7-10-13-16-19-22-25-27-28-30-32-35-38-41-44-47-50-56(59)62-53-54(52-61-55(58)49-46-43-40-37-34-31-24-21-18-15-12-9-6-3)63-57(60)51-48-45-42-39-36-33-29-26-23-20-17-14-11-8-5-2/h25,27,54H,4-24,26,28-53H2,1-3H3/b27-25+/t54-/m1/s1. The van der Waals surface area contributed by atoms with Gasteiger partial charge in [0.05, 0.1) is 0 Å². The van der Waals surface area contributed by atoms with Crippen LogP contribution < -0.4 is 0 Å². The number of hydrogen-bond donors (Lipinski definition) is 0. The summed E-state index contributed by atoms with van der Waals surface area (Å²) in [6.07, 6.45) is 59.1. The quantitative estimate of drug-likeness (QED) is 0.0262. The lowest BCUT2D eigenvalue weighted by Crippen LogP contribution is -2.30. The van der Waals surface area contributed by atoms with Gasteiger partial charge in [-0.25, -0.2) is 0 Å². The molecule has 63 heavy (non-hydrogen) atoms. The van der Waals surface area contributed by atoms with Crippen molar-refractivity contribution < 1.29 is 28.6 Å². The van der Waals surface area contributed by atoms with Crippen molar-refractivity contribution in [1.82, 2.24) is 0 Å². The van der Waals surface area contributed by atoms with Gasteiger partial charge >= 0.3 is 17.9 Å². The van der Waals surface area contributed by atoms with Crippen LogP contribution in [0.25, 0.3) is 0 Å². The Labute approximate surface area is 392 Å². The molecule has 0 aliphatic carbocycles. The molecule has 0 aliphatic heterocycles. The lowest BCUT2D eigenvalue weighted by molar-refractivity contribution is -0.167. The van der Waals surface area contributed by atoms with E-state index < -0.39 is 6.10 Å². The summed E-state index contributed by atoms with van der Waals surface area (Å²) in [5.41, 5.74) is 0. The minimum atomic E-state index is -0.765. The number of unbranched alkanes of at least 4 members (excludes halogenated alkanes) is 39. The van der Waals surface area contributed by atoms with Gasteiger partial charge in [-0.05, 0) is 44.9 Å². The van der Waals surface area contributed by atoms with Crippen LogP contribution in [0.15, 0.2) is 12.2 Å². The van der Waals surface area contributed by atoms with E-state index in [-0.39, 0.29) is 31.1 Å². The summed E-state index contributed by atoms with van der Waals surface area (Å²) < 4.78 is 16.9. The smallest absolute Gasteiger partial charge is 0.306 e. The predicted molar refractivity (Wildman–Crippen MR) is 270 cm³/mol. The first kappa shape index (κ1) is 61.1. The second-order valence-corrected chi connectivity index (χ2v) is 19.2. The molecule has 0 unspecified atom stereocenters. The molecular formula is C57H108O6. The molecule has 6 nitrogen and oxygen atoms in total. The van der Waals surface area contributed by atoms with Gasteiger partial charge in [-0.15, -0.1) is 0 Å². The van der Waals surface area contributed by atoms with Crippen molar-refractivity contribution in [3.8, 4) is 0 Å². The van der Waals surface area contributed by atoms with E-state index in [1.54, 1.807) is 0 Å². The van der Waals surface area contributed by atoms with Gasteiger partial charge in [0.1, 0.15) is 13.2 Å². The molecule has 0 N–H and O–H groups in total. The minimum absolute atomic E-state index is 0.0654. The highest BCUT2D eigenvalue weighted by atomic mass is 16.6. The highest BCUT2D eigenvalue weighted by Gasteiger charge is 2.19. The fraction of sp³-hybridized carbons (Fsp3) is 0.912. The number of carbonyl (C=O) groups excluding carboxylic acids is 3. The van der Waals surface area contributed by atoms with Crippen molar-refractivity contribution >= 4 is 17.9 Å². The first-order chi connectivity index (χ1) is 31.0. The predicted octanol–water partition coefficient (Wildman–Crippen LogP) is 18.5. The van der Waals surface area contributed by atoms with E-state index in [0.29, 0.717) is 19.3 Å². The van der Waals surface area contributed by atoms with Gasteiger partial charge in [-0.2, -0.15) is 0 Å². The molecule has 0 bridgehead atoms. The molecule has 0 heterocycles. The van der Waals surface area contributed by atoms with E-state index >= 15 is 0 Å². The van der Waals surface area contributed by atoms with Crippen LogP contribution in [0.2, 0.25) is 0 Å². The number of allylic oxidation sites excluding steroid dienone is 2. The van der Waals surface area contributed by atoms with Gasteiger partial charge in [-0.1, -0.05) is 264 Å². The monoisotopic (exact) mass is 889 g/mol. The molecule has 6 heteroatoms. The molecule has 0 saturated carbocycles. The summed E-state index contributed by atoms with van der Waals surface area (Å²) >= 11 is 0. The van der Waals surface area contributed by atoms with Crippen molar-refractivity contribution in [2.24, 2.45) is 0 Å². The third kappa shape index (κ3) is 51.0. The fourth-order valence-electron chi connectivity index (χ4n) is 8.50. The summed E-state index contributed by atoms with van der Waals surface area (Å²) in [6, 6.07) is 0. The molecule has 0 spiro atoms. The van der Waals surface area contributed by atoms with Gasteiger partial charge in [0.15, 0.2) is 6.10 Å². The zero-order valence-corrected chi connectivity index (χ0v) is 42.6. The number of ether oxygens (including phenoxy) is 3. The molecule has 0 saturated heterocycles. The first-order valence-electron chi connectivity index (χ1n) is 28.2. The zero-order valence-electron chi connectivity index (χ0n) is 42.6. The maximum Gasteiger partial charge on any atom is 0.306 e. The van der Waals surface area contributed by atoms with Crippen molar-refractivity contribution in [3.05, 3.63) is 12.2 Å². The van der Waals surface area contributed by atoms with Gasteiger partial charge in [0.2, 0.25) is 0 Å². The van der Waals surface area contributed by atoms with Crippen LogP contribution in [0.4, 0.5) is 0 Å². The summed E-state index contributed by atoms with van der Waals surface area (Å²) in [5, 5.41) is 0. The van der Waals surface area contributed by atoms with Crippen LogP contribution in [0.1, 0.15) is 316 Å². The van der Waals surface area contributed by atoms with Crippen molar-refractivity contribution in [2.45, 2.75) is 322 Å². The Bertz CT molecular complexity index is 978. The lowest BCUT2D eigenvalue weighted by atomic mass is 10.0. The second kappa shape index (κ2) is 52.8. The van der Waals surface area contributed by atoms with Crippen LogP contribution in [-0.2, 0) is 28.6 Å². The maximum atomic E-state index is 12.8. The second-order valence-electron chi connectivity index (χ2n) is 19.2. The third-order valence-electron chi connectivity index (χ3n) is 12.8. The SMILES string of the molecule is CCCCCCCC/C=C/CCCCCCCCCC(=O)OC[C@@H](COC(=O)CCCCCCCCCCCCCCC)OC(=O)CCCCCCCCCCCCCCCCC. The van der Waals surface area contributed by atoms with Crippen LogP contribution >= 0.6 is 0 Å². The third-order valence-corrected chi connectivity index (χ3v) is 12.8. The largest absolute Gasteiger partial charge is 0.462 e. The van der Waals surface area contributed by atoms with E-state index in [4.69, 9.17) is 14.2 Å². The highest BCUT2D eigenvalue weighted by molar-refractivity contribution is 5.71. The lowest BCUT2D eigenvalue weighted by Gasteiger charge is -2.18. The first-order valence-corrected chi connectivity index (χ1v) is 28.2. The van der Waals surface area contributed by atoms with Gasteiger partial charge < -0.3 is 14.2 Å². The fourth-order valence-corrected chi connectivity index (χ4v) is 8.50. The maximum absolute atomic E-state index is 12.8. The molecule has 0 aromatic carbocycles. The minimum Gasteiger partial charge on any atom is -0.462 e. The molecule has 0 aromatic rings. The van der Waals surface area contributed by atoms with Crippen LogP contribution in [0, 0.1) is 0 Å². The highest BCUT2D eigenvalue weighted by Crippen LogP contribution is 2.17. The Kier molecular flexibility index (Phi) is 51.2. The van der Waals surface area contributed by atoms with Gasteiger partial charge in [-0.3, -0.25) is 14.4 Å². The number of hydrogen-bond acceptors (Lipinski definition) is 6. The van der Waals surface area contributed by atoms with E-state index in [9.17, 15) is 14.4 Å². The Morgan fingerprint density at radius 1 is 0.302 bits per heavy atom. The Morgan fingerprint density at radius 3 is 0.794 bits per heavy atom. The summed E-state index contributed by atoms with van der Waals surface area (Å²) in [5.74, 6) is -0.847. The zero-order chi connectivity index (χ0) is 45.8. The molecule has 0 aliphatic rings. The molecule has 0 fully saturated rings. The van der Waals surface area contributed by atoms with E-state index in [2.05, 4.69) is 32.9 Å². The summed E-state index contributed by atoms with van der Waals surface area (Å²) in [6.45, 7) is 6.68. The Hall–Kier alpha value is -1.85. The molecule has 1 atom stereocenters. The van der Waals surface area contributed by atoms with E-state index in [1.165, 1.54) is 218 Å². The Morgan fingerprint density at radius 2 is 0.524 bits per heavy atom. The number of carbonyl (C=O) groups is 3. The van der Waals surface area contributed by atoms with Crippen LogP contribution in [0.3, 0.4) is 0 Å². The van der Waals surface area contributed by atoms with Crippen molar-refractivity contribution in [3.63, 3.8) is 0 Å².